The van der Waals surface area contributed by atoms with E-state index in [4.69, 9.17) is 4.42 Å². The van der Waals surface area contributed by atoms with Crippen molar-refractivity contribution in [3.8, 4) is 0 Å². The van der Waals surface area contributed by atoms with Gasteiger partial charge in [0.25, 0.3) is 0 Å². The predicted octanol–water partition coefficient (Wildman–Crippen LogP) is 3.38. The third kappa shape index (κ3) is 1.91. The molecule has 16 heavy (non-hydrogen) atoms. The number of aryl methyl sites for hydroxylation is 2. The molecule has 0 saturated carbocycles. The zero-order valence-corrected chi connectivity index (χ0v) is 9.49. The van der Waals surface area contributed by atoms with E-state index in [1.807, 2.05) is 44.2 Å². The highest BCUT2D eigenvalue weighted by molar-refractivity contribution is 6.08. The molecule has 2 aromatic rings. The van der Waals surface area contributed by atoms with Crippen molar-refractivity contribution in [1.29, 1.82) is 0 Å². The predicted molar refractivity (Wildman–Crippen MR) is 62.7 cm³/mol. The van der Waals surface area contributed by atoms with Gasteiger partial charge in [0.1, 0.15) is 5.76 Å². The minimum atomic E-state index is -0.0365. The SMILES string of the molecule is CCc1ccccc1C(=O)c1ccc(C)o1. The zero-order valence-electron chi connectivity index (χ0n) is 9.49. The Morgan fingerprint density at radius 2 is 1.94 bits per heavy atom. The summed E-state index contributed by atoms with van der Waals surface area (Å²) < 4.78 is 5.35. The molecule has 0 fully saturated rings. The molecule has 2 nitrogen and oxygen atoms in total. The molecule has 0 aliphatic heterocycles. The number of ketones is 1. The molecule has 0 N–H and O–H groups in total. The standard InChI is InChI=1S/C14H14O2/c1-3-11-6-4-5-7-12(11)14(15)13-9-8-10(2)16-13/h4-9H,3H2,1-2H3. The lowest BCUT2D eigenvalue weighted by Crippen LogP contribution is -2.03. The van der Waals surface area contributed by atoms with Gasteiger partial charge in [-0.25, -0.2) is 0 Å². The summed E-state index contributed by atoms with van der Waals surface area (Å²) >= 11 is 0. The molecule has 1 aromatic heterocycles. The van der Waals surface area contributed by atoms with Crippen molar-refractivity contribution in [2.24, 2.45) is 0 Å². The first-order valence-corrected chi connectivity index (χ1v) is 5.41. The van der Waals surface area contributed by atoms with Gasteiger partial charge >= 0.3 is 0 Å². The van der Waals surface area contributed by atoms with Crippen LogP contribution < -0.4 is 0 Å². The van der Waals surface area contributed by atoms with Crippen molar-refractivity contribution in [3.05, 3.63) is 59.0 Å². The number of carbonyl (C=O) groups excluding carboxylic acids is 1. The Kier molecular flexibility index (Phi) is 2.91. The number of furan rings is 1. The summed E-state index contributed by atoms with van der Waals surface area (Å²) in [4.78, 5) is 12.1. The number of hydrogen-bond donors (Lipinski definition) is 0. The minimum absolute atomic E-state index is 0.0365. The van der Waals surface area contributed by atoms with Gasteiger partial charge in [-0.05, 0) is 31.0 Å². The molecule has 0 amide bonds. The Morgan fingerprint density at radius 3 is 2.56 bits per heavy atom. The molecule has 2 rings (SSSR count). The molecule has 0 radical (unpaired) electrons. The van der Waals surface area contributed by atoms with Crippen molar-refractivity contribution in [2.75, 3.05) is 0 Å². The molecule has 1 heterocycles. The maximum atomic E-state index is 12.1. The molecule has 0 spiro atoms. The Morgan fingerprint density at radius 1 is 1.19 bits per heavy atom. The van der Waals surface area contributed by atoms with Gasteiger partial charge in [-0.1, -0.05) is 31.2 Å². The number of hydrogen-bond acceptors (Lipinski definition) is 2. The monoisotopic (exact) mass is 214 g/mol. The van der Waals surface area contributed by atoms with Crippen LogP contribution in [0, 0.1) is 6.92 Å². The van der Waals surface area contributed by atoms with Gasteiger partial charge in [-0.15, -0.1) is 0 Å². The lowest BCUT2D eigenvalue weighted by atomic mass is 10.0. The summed E-state index contributed by atoms with van der Waals surface area (Å²) in [5.74, 6) is 1.14. The Hall–Kier alpha value is -1.83. The van der Waals surface area contributed by atoms with Gasteiger partial charge in [0.2, 0.25) is 5.78 Å². The smallest absolute Gasteiger partial charge is 0.228 e. The first kappa shape index (κ1) is 10.7. The summed E-state index contributed by atoms with van der Waals surface area (Å²) in [7, 11) is 0. The van der Waals surface area contributed by atoms with Gasteiger partial charge in [-0.2, -0.15) is 0 Å². The van der Waals surface area contributed by atoms with Crippen LogP contribution in [0.15, 0.2) is 40.8 Å². The summed E-state index contributed by atoms with van der Waals surface area (Å²) in [5.41, 5.74) is 1.79. The van der Waals surface area contributed by atoms with Crippen LogP contribution in [0.25, 0.3) is 0 Å². The normalized spacial score (nSPS) is 10.4. The molecule has 82 valence electrons. The largest absolute Gasteiger partial charge is 0.458 e. The maximum Gasteiger partial charge on any atom is 0.228 e. The number of rotatable bonds is 3. The Bertz CT molecular complexity index is 509. The zero-order chi connectivity index (χ0) is 11.5. The van der Waals surface area contributed by atoms with E-state index < -0.39 is 0 Å². The highest BCUT2D eigenvalue weighted by Gasteiger charge is 2.15. The minimum Gasteiger partial charge on any atom is -0.458 e. The number of benzene rings is 1. The average Bonchev–Trinajstić information content (AvgIpc) is 2.75. The van der Waals surface area contributed by atoms with Gasteiger partial charge < -0.3 is 4.42 Å². The van der Waals surface area contributed by atoms with Crippen LogP contribution in [0.1, 0.15) is 34.4 Å². The molecule has 0 unspecified atom stereocenters. The van der Waals surface area contributed by atoms with Crippen LogP contribution in [-0.2, 0) is 6.42 Å². The molecule has 0 saturated heterocycles. The van der Waals surface area contributed by atoms with Crippen molar-refractivity contribution in [3.63, 3.8) is 0 Å². The third-order valence-electron chi connectivity index (χ3n) is 2.61. The van der Waals surface area contributed by atoms with E-state index in [-0.39, 0.29) is 5.78 Å². The van der Waals surface area contributed by atoms with E-state index in [1.54, 1.807) is 6.07 Å². The van der Waals surface area contributed by atoms with Crippen LogP contribution in [0.3, 0.4) is 0 Å². The Labute approximate surface area is 94.9 Å². The van der Waals surface area contributed by atoms with Crippen molar-refractivity contribution in [1.82, 2.24) is 0 Å². The van der Waals surface area contributed by atoms with Crippen LogP contribution in [0.5, 0.6) is 0 Å². The van der Waals surface area contributed by atoms with Crippen molar-refractivity contribution in [2.45, 2.75) is 20.3 Å². The highest BCUT2D eigenvalue weighted by atomic mass is 16.3. The first-order chi connectivity index (χ1) is 7.72. The van der Waals surface area contributed by atoms with Gasteiger partial charge in [0, 0.05) is 5.56 Å². The van der Waals surface area contributed by atoms with Gasteiger partial charge in [0.15, 0.2) is 5.76 Å². The molecule has 0 aliphatic rings. The second-order valence-corrected chi connectivity index (χ2v) is 3.75. The molecule has 1 aromatic carbocycles. The summed E-state index contributed by atoms with van der Waals surface area (Å²) in [6, 6.07) is 11.2. The third-order valence-corrected chi connectivity index (χ3v) is 2.61. The first-order valence-electron chi connectivity index (χ1n) is 5.41. The van der Waals surface area contributed by atoms with Crippen molar-refractivity contribution < 1.29 is 9.21 Å². The van der Waals surface area contributed by atoms with Gasteiger partial charge in [0.05, 0.1) is 0 Å². The van der Waals surface area contributed by atoms with Crippen LogP contribution >= 0.6 is 0 Å². The second kappa shape index (κ2) is 4.35. The molecule has 2 heteroatoms. The Balaban J connectivity index is 2.41. The molecule has 0 bridgehead atoms. The van der Waals surface area contributed by atoms with E-state index in [0.29, 0.717) is 5.76 Å². The lowest BCUT2D eigenvalue weighted by molar-refractivity contribution is 0.101. The van der Waals surface area contributed by atoms with Gasteiger partial charge in [-0.3, -0.25) is 4.79 Å². The van der Waals surface area contributed by atoms with Crippen LogP contribution in [-0.4, -0.2) is 5.78 Å². The summed E-state index contributed by atoms with van der Waals surface area (Å²) in [6.45, 7) is 3.88. The average molecular weight is 214 g/mol. The second-order valence-electron chi connectivity index (χ2n) is 3.75. The van der Waals surface area contributed by atoms with Crippen molar-refractivity contribution >= 4 is 5.78 Å². The fourth-order valence-corrected chi connectivity index (χ4v) is 1.74. The fraction of sp³-hybridized carbons (Fsp3) is 0.214. The van der Waals surface area contributed by atoms with E-state index in [9.17, 15) is 4.79 Å². The van der Waals surface area contributed by atoms with E-state index in [2.05, 4.69) is 0 Å². The van der Waals surface area contributed by atoms with Crippen LogP contribution in [0.4, 0.5) is 0 Å². The van der Waals surface area contributed by atoms with Crippen LogP contribution in [0.2, 0.25) is 0 Å². The summed E-state index contributed by atoms with van der Waals surface area (Å²) in [6.07, 6.45) is 0.849. The quantitative estimate of drug-likeness (QED) is 0.733. The topological polar surface area (TPSA) is 30.2 Å². The lowest BCUT2D eigenvalue weighted by Gasteiger charge is -2.04. The fourth-order valence-electron chi connectivity index (χ4n) is 1.74. The molecular formula is C14H14O2. The van der Waals surface area contributed by atoms with E-state index in [0.717, 1.165) is 23.3 Å². The number of carbonyl (C=O) groups is 1. The highest BCUT2D eigenvalue weighted by Crippen LogP contribution is 2.16. The molecule has 0 atom stereocenters. The molecular weight excluding hydrogens is 200 g/mol. The molecule has 0 aliphatic carbocycles. The van der Waals surface area contributed by atoms with E-state index >= 15 is 0 Å². The maximum absolute atomic E-state index is 12.1. The van der Waals surface area contributed by atoms with E-state index in [1.165, 1.54) is 0 Å². The summed E-state index contributed by atoms with van der Waals surface area (Å²) in [5, 5.41) is 0.